The minimum atomic E-state index is -5.08. The number of alkyl halides is 3. The van der Waals surface area contributed by atoms with Gasteiger partial charge in [0, 0.05) is 19.6 Å². The third-order valence-electron chi connectivity index (χ3n) is 5.31. The third-order valence-corrected chi connectivity index (χ3v) is 5.60. The van der Waals surface area contributed by atoms with Crippen molar-refractivity contribution in [2.45, 2.75) is 32.5 Å². The van der Waals surface area contributed by atoms with Crippen molar-refractivity contribution in [3.8, 4) is 5.75 Å². The molecule has 2 atom stereocenters. The van der Waals surface area contributed by atoms with E-state index in [2.05, 4.69) is 0 Å². The number of likely N-dealkylation sites (tertiary alicyclic amines) is 1. The molecule has 1 saturated carbocycles. The zero-order chi connectivity index (χ0) is 23.6. The summed E-state index contributed by atoms with van der Waals surface area (Å²) < 4.78 is 37.3. The van der Waals surface area contributed by atoms with E-state index < -0.39 is 34.9 Å². The van der Waals surface area contributed by atoms with Crippen LogP contribution in [0.15, 0.2) is 18.2 Å². The van der Waals surface area contributed by atoms with Crippen LogP contribution in [0.1, 0.15) is 25.3 Å². The number of hydrogen-bond donors (Lipinski definition) is 3. The van der Waals surface area contributed by atoms with Crippen molar-refractivity contribution in [1.82, 2.24) is 4.90 Å². The van der Waals surface area contributed by atoms with E-state index in [1.54, 1.807) is 12.1 Å². The first kappa shape index (κ1) is 24.7. The van der Waals surface area contributed by atoms with Crippen LogP contribution in [0.25, 0.3) is 0 Å². The Morgan fingerprint density at radius 2 is 1.65 bits per heavy atom. The molecule has 0 amide bonds. The number of carboxylic acids is 3. The highest BCUT2D eigenvalue weighted by atomic mass is 35.5. The lowest BCUT2D eigenvalue weighted by Crippen LogP contribution is -2.28. The first-order chi connectivity index (χ1) is 14.3. The van der Waals surface area contributed by atoms with E-state index in [-0.39, 0.29) is 19.5 Å². The molecule has 0 spiro atoms. The second-order valence-electron chi connectivity index (χ2n) is 7.51. The Morgan fingerprint density at radius 3 is 2.03 bits per heavy atom. The first-order valence-corrected chi connectivity index (χ1v) is 9.57. The van der Waals surface area contributed by atoms with Crippen molar-refractivity contribution in [3.05, 3.63) is 28.8 Å². The zero-order valence-electron chi connectivity index (χ0n) is 16.4. The van der Waals surface area contributed by atoms with E-state index in [9.17, 15) is 33.0 Å². The number of carboxylic acid groups (broad SMARTS) is 3. The lowest BCUT2D eigenvalue weighted by atomic mass is 9.97. The van der Waals surface area contributed by atoms with E-state index in [1.165, 1.54) is 0 Å². The summed E-state index contributed by atoms with van der Waals surface area (Å²) in [4.78, 5) is 33.9. The van der Waals surface area contributed by atoms with Crippen LogP contribution < -0.4 is 4.74 Å². The number of fused-ring (bicyclic) bond motifs is 1. The van der Waals surface area contributed by atoms with E-state index in [4.69, 9.17) is 26.2 Å². The lowest BCUT2D eigenvalue weighted by molar-refractivity contribution is -0.192. The number of halogens is 4. The Kier molecular flexibility index (Phi) is 7.11. The van der Waals surface area contributed by atoms with E-state index in [0.717, 1.165) is 12.0 Å². The van der Waals surface area contributed by atoms with Gasteiger partial charge in [0.05, 0.1) is 22.5 Å². The molecule has 3 rings (SSSR count). The van der Waals surface area contributed by atoms with Gasteiger partial charge in [0.15, 0.2) is 0 Å². The molecule has 3 N–H and O–H groups in total. The van der Waals surface area contributed by atoms with Gasteiger partial charge in [-0.1, -0.05) is 24.6 Å². The highest BCUT2D eigenvalue weighted by Crippen LogP contribution is 2.68. The van der Waals surface area contributed by atoms with Crippen LogP contribution in [-0.4, -0.2) is 64.0 Å². The third kappa shape index (κ3) is 5.04. The van der Waals surface area contributed by atoms with Crippen molar-refractivity contribution < 1.29 is 47.6 Å². The van der Waals surface area contributed by atoms with Gasteiger partial charge >= 0.3 is 24.1 Å². The summed E-state index contributed by atoms with van der Waals surface area (Å²) in [6, 6.07) is 5.46. The largest absolute Gasteiger partial charge is 0.492 e. The Morgan fingerprint density at radius 1 is 1.13 bits per heavy atom. The topological polar surface area (TPSA) is 124 Å². The van der Waals surface area contributed by atoms with Crippen molar-refractivity contribution >= 4 is 29.5 Å². The van der Waals surface area contributed by atoms with Gasteiger partial charge in [0.2, 0.25) is 0 Å². The van der Waals surface area contributed by atoms with Crippen LogP contribution in [-0.2, 0) is 20.9 Å². The molecular weight excluding hydrogens is 447 g/mol. The number of benzene rings is 1. The van der Waals surface area contributed by atoms with Gasteiger partial charge in [0.25, 0.3) is 0 Å². The monoisotopic (exact) mass is 467 g/mol. The number of nitrogens with zero attached hydrogens (tertiary/aromatic N) is 1. The van der Waals surface area contributed by atoms with Gasteiger partial charge in [-0.2, -0.15) is 13.2 Å². The van der Waals surface area contributed by atoms with Crippen molar-refractivity contribution in [3.63, 3.8) is 0 Å². The van der Waals surface area contributed by atoms with Crippen molar-refractivity contribution in [2.24, 2.45) is 10.8 Å². The van der Waals surface area contributed by atoms with Crippen LogP contribution >= 0.6 is 11.6 Å². The summed E-state index contributed by atoms with van der Waals surface area (Å²) >= 11 is 6.21. The first-order valence-electron chi connectivity index (χ1n) is 9.19. The average molecular weight is 468 g/mol. The van der Waals surface area contributed by atoms with Crippen molar-refractivity contribution in [2.75, 3.05) is 19.7 Å². The molecule has 0 radical (unpaired) electrons. The molecule has 0 unspecified atom stereocenters. The summed E-state index contributed by atoms with van der Waals surface area (Å²) in [6.45, 7) is 3.57. The highest BCUT2D eigenvalue weighted by molar-refractivity contribution is 6.32. The lowest BCUT2D eigenvalue weighted by Gasteiger charge is -2.20. The molecular formula is C19H21ClF3NO7. The zero-order valence-corrected chi connectivity index (χ0v) is 17.2. The molecule has 1 aliphatic heterocycles. The molecule has 1 aliphatic carbocycles. The smallest absolute Gasteiger partial charge is 0.490 e. The molecule has 31 heavy (non-hydrogen) atoms. The Hall–Kier alpha value is -2.53. The van der Waals surface area contributed by atoms with E-state index in [1.807, 2.05) is 17.9 Å². The minimum absolute atomic E-state index is 0.214. The Balaban J connectivity index is 0.000000423. The van der Waals surface area contributed by atoms with Gasteiger partial charge in [-0.05, 0) is 30.5 Å². The summed E-state index contributed by atoms with van der Waals surface area (Å²) in [7, 11) is 0. The van der Waals surface area contributed by atoms with Crippen LogP contribution in [0.3, 0.4) is 0 Å². The number of hydrogen-bond acceptors (Lipinski definition) is 5. The van der Waals surface area contributed by atoms with E-state index >= 15 is 0 Å². The van der Waals surface area contributed by atoms with Gasteiger partial charge in [-0.25, -0.2) is 4.79 Å². The molecule has 172 valence electrons. The predicted molar refractivity (Wildman–Crippen MR) is 101 cm³/mol. The maximum Gasteiger partial charge on any atom is 0.490 e. The molecule has 1 aromatic rings. The molecule has 12 heteroatoms. The number of aliphatic carboxylic acids is 3. The second-order valence-corrected chi connectivity index (χ2v) is 7.92. The summed E-state index contributed by atoms with van der Waals surface area (Å²) in [5, 5.41) is 26.5. The molecule has 8 nitrogen and oxygen atoms in total. The van der Waals surface area contributed by atoms with Gasteiger partial charge in [-0.3, -0.25) is 14.5 Å². The van der Waals surface area contributed by atoms with Crippen LogP contribution in [0.2, 0.25) is 5.02 Å². The number of carbonyl (C=O) groups is 3. The predicted octanol–water partition coefficient (Wildman–Crippen LogP) is 3.12. The maximum atomic E-state index is 11.5. The molecule has 0 bridgehead atoms. The van der Waals surface area contributed by atoms with Crippen LogP contribution in [0.4, 0.5) is 13.2 Å². The molecule has 1 saturated heterocycles. The quantitative estimate of drug-likeness (QED) is 0.558. The number of rotatable bonds is 7. The van der Waals surface area contributed by atoms with Crippen LogP contribution in [0, 0.1) is 10.8 Å². The highest BCUT2D eigenvalue weighted by Gasteiger charge is 2.80. The van der Waals surface area contributed by atoms with Crippen molar-refractivity contribution in [1.29, 1.82) is 0 Å². The Labute approximate surface area is 180 Å². The van der Waals surface area contributed by atoms with Gasteiger partial charge < -0.3 is 20.1 Å². The normalized spacial score (nSPS) is 24.5. The average Bonchev–Trinajstić information content (AvgIpc) is 3.20. The standard InChI is InChI=1S/C17H20ClNO5.C2HF3O2/c1-2-5-24-13-4-3-11(6-12(13)18)7-19-9-16(14(20)21)8-17(16,10-19)15(22)23;3-2(4,5)1(6)7/h3-4,6H,2,5,7-10H2,1H3,(H,20,21)(H,22,23);(H,6,7)/t16-,17+;. The fourth-order valence-corrected chi connectivity index (χ4v) is 4.00. The Bertz CT molecular complexity index is 851. The maximum absolute atomic E-state index is 11.5. The van der Waals surface area contributed by atoms with Crippen LogP contribution in [0.5, 0.6) is 5.75 Å². The second kappa shape index (κ2) is 8.91. The summed E-state index contributed by atoms with van der Waals surface area (Å²) in [5.41, 5.74) is -1.38. The fraction of sp³-hybridized carbons (Fsp3) is 0.526. The number of piperidine rings is 1. The number of ether oxygens (including phenoxy) is 1. The SMILES string of the molecule is CCCOc1ccc(CN2C[C@@]3(C(=O)O)C[C@@]3(C(=O)O)C2)cc1Cl.O=C(O)C(F)(F)F. The minimum Gasteiger partial charge on any atom is -0.492 e. The fourth-order valence-electron chi connectivity index (χ4n) is 3.74. The molecule has 2 fully saturated rings. The summed E-state index contributed by atoms with van der Waals surface area (Å²) in [6.07, 6.45) is -3.98. The van der Waals surface area contributed by atoms with Gasteiger partial charge in [0.1, 0.15) is 5.75 Å². The molecule has 0 aromatic heterocycles. The molecule has 2 aliphatic rings. The van der Waals surface area contributed by atoms with Gasteiger partial charge in [-0.15, -0.1) is 0 Å². The summed E-state index contributed by atoms with van der Waals surface area (Å²) in [5.74, 6) is -4.18. The molecule has 1 heterocycles. The molecule has 1 aromatic carbocycles. The van der Waals surface area contributed by atoms with E-state index in [0.29, 0.717) is 23.9 Å².